The van der Waals surface area contributed by atoms with E-state index in [2.05, 4.69) is 0 Å². The highest BCUT2D eigenvalue weighted by molar-refractivity contribution is 6.30. The first-order valence-corrected chi connectivity index (χ1v) is 6.15. The summed E-state index contributed by atoms with van der Waals surface area (Å²) < 4.78 is 13.9. The Morgan fingerprint density at radius 2 is 1.83 bits per heavy atom. The summed E-state index contributed by atoms with van der Waals surface area (Å²) in [6.45, 7) is 3.99. The van der Waals surface area contributed by atoms with Gasteiger partial charge in [0.2, 0.25) is 0 Å². The summed E-state index contributed by atoms with van der Waals surface area (Å²) in [6, 6.07) is 10.4. The summed E-state index contributed by atoms with van der Waals surface area (Å²) in [6.07, 6.45) is 0. The van der Waals surface area contributed by atoms with Gasteiger partial charge in [-0.1, -0.05) is 47.5 Å². The molecule has 18 heavy (non-hydrogen) atoms. The molecule has 0 aromatic heterocycles. The largest absolute Gasteiger partial charge is 0.320 e. The van der Waals surface area contributed by atoms with E-state index in [4.69, 9.17) is 17.3 Å². The second-order valence-corrected chi connectivity index (χ2v) is 4.89. The first kappa shape index (κ1) is 13.1. The van der Waals surface area contributed by atoms with Crippen molar-refractivity contribution in [2.45, 2.75) is 19.9 Å². The third kappa shape index (κ3) is 2.40. The van der Waals surface area contributed by atoms with E-state index in [0.29, 0.717) is 5.56 Å². The van der Waals surface area contributed by atoms with Gasteiger partial charge in [-0.3, -0.25) is 0 Å². The molecule has 2 aromatic carbocycles. The van der Waals surface area contributed by atoms with E-state index in [-0.39, 0.29) is 5.02 Å². The van der Waals surface area contributed by atoms with E-state index in [1.54, 1.807) is 12.1 Å². The molecule has 1 unspecified atom stereocenters. The van der Waals surface area contributed by atoms with Crippen LogP contribution in [0.5, 0.6) is 0 Å². The van der Waals surface area contributed by atoms with Gasteiger partial charge in [-0.15, -0.1) is 0 Å². The average molecular weight is 264 g/mol. The topological polar surface area (TPSA) is 26.0 Å². The van der Waals surface area contributed by atoms with Crippen LogP contribution in [-0.4, -0.2) is 0 Å². The van der Waals surface area contributed by atoms with E-state index in [0.717, 1.165) is 16.7 Å². The summed E-state index contributed by atoms with van der Waals surface area (Å²) in [4.78, 5) is 0. The zero-order valence-electron chi connectivity index (χ0n) is 10.4. The van der Waals surface area contributed by atoms with Gasteiger partial charge in [0.05, 0.1) is 11.1 Å². The number of benzene rings is 2. The molecule has 94 valence electrons. The maximum atomic E-state index is 13.9. The normalized spacial score (nSPS) is 12.5. The molecule has 2 N–H and O–H groups in total. The molecule has 0 aliphatic heterocycles. The molecule has 1 nitrogen and oxygen atoms in total. The van der Waals surface area contributed by atoms with Crippen LogP contribution in [0.1, 0.15) is 28.3 Å². The molecule has 0 saturated heterocycles. The zero-order valence-corrected chi connectivity index (χ0v) is 11.1. The van der Waals surface area contributed by atoms with Crippen molar-refractivity contribution in [2.75, 3.05) is 0 Å². The maximum Gasteiger partial charge on any atom is 0.146 e. The molecule has 0 bridgehead atoms. The van der Waals surface area contributed by atoms with Gasteiger partial charge in [0.25, 0.3) is 0 Å². The molecule has 2 aromatic rings. The van der Waals surface area contributed by atoms with E-state index >= 15 is 0 Å². The number of aryl methyl sites for hydroxylation is 2. The molecule has 0 amide bonds. The lowest BCUT2D eigenvalue weighted by atomic mass is 9.94. The van der Waals surface area contributed by atoms with Gasteiger partial charge >= 0.3 is 0 Å². The zero-order chi connectivity index (χ0) is 13.3. The van der Waals surface area contributed by atoms with Crippen LogP contribution in [0.25, 0.3) is 0 Å². The average Bonchev–Trinajstić information content (AvgIpc) is 2.32. The van der Waals surface area contributed by atoms with Crippen molar-refractivity contribution in [2.24, 2.45) is 5.73 Å². The molecule has 0 aliphatic rings. The Labute approximate surface area is 111 Å². The van der Waals surface area contributed by atoms with Gasteiger partial charge in [0.15, 0.2) is 0 Å². The molecular weight excluding hydrogens is 249 g/mol. The summed E-state index contributed by atoms with van der Waals surface area (Å²) in [5, 5.41) is 0.104. The van der Waals surface area contributed by atoms with Crippen LogP contribution in [0.4, 0.5) is 4.39 Å². The fourth-order valence-electron chi connectivity index (χ4n) is 2.10. The highest BCUT2D eigenvalue weighted by Crippen LogP contribution is 2.28. The number of rotatable bonds is 2. The maximum absolute atomic E-state index is 13.9. The van der Waals surface area contributed by atoms with Crippen molar-refractivity contribution in [3.63, 3.8) is 0 Å². The summed E-state index contributed by atoms with van der Waals surface area (Å²) >= 11 is 5.78. The standard InChI is InChI=1S/C15H15ClFN/c1-9-6-7-11(10(2)8-9)15(18)12-4-3-5-13(16)14(12)17/h3-8,15H,18H2,1-2H3. The highest BCUT2D eigenvalue weighted by Gasteiger charge is 2.16. The van der Waals surface area contributed by atoms with Gasteiger partial charge in [-0.2, -0.15) is 0 Å². The van der Waals surface area contributed by atoms with E-state index in [9.17, 15) is 4.39 Å². The number of halogens is 2. The molecule has 0 spiro atoms. The summed E-state index contributed by atoms with van der Waals surface area (Å²) in [5.74, 6) is -0.438. The number of hydrogen-bond acceptors (Lipinski definition) is 1. The molecule has 3 heteroatoms. The van der Waals surface area contributed by atoms with Gasteiger partial charge < -0.3 is 5.73 Å². The van der Waals surface area contributed by atoms with Crippen LogP contribution in [0.3, 0.4) is 0 Å². The molecule has 2 rings (SSSR count). The fraction of sp³-hybridized carbons (Fsp3) is 0.200. The lowest BCUT2D eigenvalue weighted by Crippen LogP contribution is -2.15. The van der Waals surface area contributed by atoms with Crippen LogP contribution in [0.15, 0.2) is 36.4 Å². The Kier molecular flexibility index (Phi) is 3.69. The fourth-order valence-corrected chi connectivity index (χ4v) is 2.28. The minimum Gasteiger partial charge on any atom is -0.320 e. The molecular formula is C15H15ClFN. The molecule has 0 saturated carbocycles. The predicted molar refractivity (Wildman–Crippen MR) is 73.4 cm³/mol. The van der Waals surface area contributed by atoms with Gasteiger partial charge in [-0.25, -0.2) is 4.39 Å². The van der Waals surface area contributed by atoms with E-state index in [1.165, 1.54) is 6.07 Å². The lowest BCUT2D eigenvalue weighted by molar-refractivity contribution is 0.599. The first-order valence-electron chi connectivity index (χ1n) is 5.77. The highest BCUT2D eigenvalue weighted by atomic mass is 35.5. The van der Waals surface area contributed by atoms with Crippen molar-refractivity contribution in [3.8, 4) is 0 Å². The summed E-state index contributed by atoms with van der Waals surface area (Å²) in [7, 11) is 0. The van der Waals surface area contributed by atoms with Gasteiger partial charge in [0.1, 0.15) is 5.82 Å². The van der Waals surface area contributed by atoms with Crippen molar-refractivity contribution >= 4 is 11.6 Å². The van der Waals surface area contributed by atoms with Crippen LogP contribution in [0, 0.1) is 19.7 Å². The molecule has 0 aliphatic carbocycles. The van der Waals surface area contributed by atoms with Crippen LogP contribution in [-0.2, 0) is 0 Å². The van der Waals surface area contributed by atoms with Gasteiger partial charge in [-0.05, 0) is 31.0 Å². The number of hydrogen-bond donors (Lipinski definition) is 1. The second kappa shape index (κ2) is 5.09. The van der Waals surface area contributed by atoms with Gasteiger partial charge in [0, 0.05) is 5.56 Å². The third-order valence-electron chi connectivity index (χ3n) is 3.08. The Balaban J connectivity index is 2.48. The molecule has 0 radical (unpaired) electrons. The Morgan fingerprint density at radius 1 is 1.11 bits per heavy atom. The van der Waals surface area contributed by atoms with Crippen molar-refractivity contribution in [1.82, 2.24) is 0 Å². The molecule has 0 heterocycles. The second-order valence-electron chi connectivity index (χ2n) is 4.48. The Morgan fingerprint density at radius 3 is 2.50 bits per heavy atom. The Hall–Kier alpha value is -1.38. The van der Waals surface area contributed by atoms with E-state index in [1.807, 2.05) is 32.0 Å². The quantitative estimate of drug-likeness (QED) is 0.866. The Bertz CT molecular complexity index is 581. The van der Waals surface area contributed by atoms with Crippen LogP contribution >= 0.6 is 11.6 Å². The SMILES string of the molecule is Cc1ccc(C(N)c2cccc(Cl)c2F)c(C)c1. The van der Waals surface area contributed by atoms with Crippen molar-refractivity contribution < 1.29 is 4.39 Å². The van der Waals surface area contributed by atoms with Crippen molar-refractivity contribution in [1.29, 1.82) is 0 Å². The molecule has 1 atom stereocenters. The minimum absolute atomic E-state index is 0.104. The number of nitrogens with two attached hydrogens (primary N) is 1. The summed E-state index contributed by atoms with van der Waals surface area (Å²) in [5.41, 5.74) is 9.70. The van der Waals surface area contributed by atoms with E-state index < -0.39 is 11.9 Å². The third-order valence-corrected chi connectivity index (χ3v) is 3.37. The van der Waals surface area contributed by atoms with Crippen molar-refractivity contribution in [3.05, 3.63) is 69.5 Å². The first-order chi connectivity index (χ1) is 8.50. The predicted octanol–water partition coefficient (Wildman–Crippen LogP) is 4.14. The monoisotopic (exact) mass is 263 g/mol. The lowest BCUT2D eigenvalue weighted by Gasteiger charge is -2.17. The minimum atomic E-state index is -0.496. The molecule has 0 fully saturated rings. The van der Waals surface area contributed by atoms with Crippen LogP contribution < -0.4 is 5.73 Å². The van der Waals surface area contributed by atoms with Crippen LogP contribution in [0.2, 0.25) is 5.02 Å². The smallest absolute Gasteiger partial charge is 0.146 e.